The normalized spacial score (nSPS) is 13.2. The molecule has 0 aliphatic carbocycles. The van der Waals surface area contributed by atoms with E-state index < -0.39 is 48.4 Å². The zero-order chi connectivity index (χ0) is 31.1. The number of hydrogen-bond donors (Lipinski definition) is 7. The summed E-state index contributed by atoms with van der Waals surface area (Å²) in [6, 6.07) is 21.1. The first-order chi connectivity index (χ1) is 21.3. The Labute approximate surface area is 253 Å². The highest BCUT2D eigenvalue weighted by molar-refractivity contribution is 5.93. The van der Waals surface area contributed by atoms with Gasteiger partial charge in [0.1, 0.15) is 12.1 Å². The number of hydrogen-bond acceptors (Lipinski definition) is 5. The minimum absolute atomic E-state index is 0.0556. The first-order valence-corrected chi connectivity index (χ1v) is 14.3. The molecule has 11 heteroatoms. The van der Waals surface area contributed by atoms with Crippen LogP contribution in [0.1, 0.15) is 16.7 Å². The van der Waals surface area contributed by atoms with Crippen LogP contribution in [0.15, 0.2) is 91.3 Å². The van der Waals surface area contributed by atoms with E-state index in [1.54, 1.807) is 6.20 Å². The number of carbonyl (C=O) groups is 4. The standard InChI is InChI=1S/C33H34N6O5/c34-25(15-21-17-35-26-12-6-4-10-23(21)26)31(41)39-28(14-20-8-2-1-3-9-20)32(42)37-19-30(40)38-29(33(43)44)16-22-18-36-27-13-7-5-11-24(22)27/h1-13,17-18,25,28-29,35-36H,14-16,19,34H2,(H,37,42)(H,38,40)(H,39,41)(H,43,44). The summed E-state index contributed by atoms with van der Waals surface area (Å²) < 4.78 is 0. The van der Waals surface area contributed by atoms with Gasteiger partial charge in [-0.1, -0.05) is 66.7 Å². The summed E-state index contributed by atoms with van der Waals surface area (Å²) in [5.41, 5.74) is 10.5. The fourth-order valence-electron chi connectivity index (χ4n) is 5.22. The van der Waals surface area contributed by atoms with Gasteiger partial charge in [0.05, 0.1) is 12.6 Å². The van der Waals surface area contributed by atoms with Crippen molar-refractivity contribution < 1.29 is 24.3 Å². The lowest BCUT2D eigenvalue weighted by molar-refractivity contribution is -0.141. The molecule has 0 spiro atoms. The molecule has 3 aromatic carbocycles. The number of carboxylic acid groups (broad SMARTS) is 1. The summed E-state index contributed by atoms with van der Waals surface area (Å²) in [5, 5.41) is 19.3. The van der Waals surface area contributed by atoms with Gasteiger partial charge in [-0.05, 0) is 35.2 Å². The fourth-order valence-corrected chi connectivity index (χ4v) is 5.22. The molecule has 0 radical (unpaired) electrons. The Morgan fingerprint density at radius 1 is 0.682 bits per heavy atom. The van der Waals surface area contributed by atoms with Crippen LogP contribution in [-0.4, -0.2) is 63.4 Å². The average Bonchev–Trinajstić information content (AvgIpc) is 3.63. The fraction of sp³-hybridized carbons (Fsp3) is 0.212. The molecule has 0 aliphatic rings. The number of benzene rings is 3. The molecule has 3 amide bonds. The van der Waals surface area contributed by atoms with Crippen LogP contribution in [0.4, 0.5) is 0 Å². The molecule has 226 valence electrons. The van der Waals surface area contributed by atoms with Gasteiger partial charge in [-0.25, -0.2) is 4.79 Å². The first kappa shape index (κ1) is 30.1. The lowest BCUT2D eigenvalue weighted by Crippen LogP contribution is -2.54. The van der Waals surface area contributed by atoms with E-state index >= 15 is 0 Å². The van der Waals surface area contributed by atoms with Crippen LogP contribution in [0.2, 0.25) is 0 Å². The minimum atomic E-state index is -1.21. The maximum Gasteiger partial charge on any atom is 0.326 e. The van der Waals surface area contributed by atoms with Crippen molar-refractivity contribution in [3.05, 3.63) is 108 Å². The van der Waals surface area contributed by atoms with Crippen LogP contribution in [0.5, 0.6) is 0 Å². The van der Waals surface area contributed by atoms with Gasteiger partial charge >= 0.3 is 5.97 Å². The Morgan fingerprint density at radius 2 is 1.25 bits per heavy atom. The Balaban J connectivity index is 1.21. The van der Waals surface area contributed by atoms with E-state index in [1.165, 1.54) is 0 Å². The molecule has 0 saturated carbocycles. The number of H-pyrrole nitrogens is 2. The molecule has 3 unspecified atom stereocenters. The number of nitrogens with one attached hydrogen (secondary N) is 5. The number of fused-ring (bicyclic) bond motifs is 2. The highest BCUT2D eigenvalue weighted by Gasteiger charge is 2.26. The van der Waals surface area contributed by atoms with Crippen molar-refractivity contribution in [2.75, 3.05) is 6.54 Å². The predicted octanol–water partition coefficient (Wildman–Crippen LogP) is 2.17. The molecular formula is C33H34N6O5. The van der Waals surface area contributed by atoms with Gasteiger partial charge in [-0.2, -0.15) is 0 Å². The number of amides is 3. The van der Waals surface area contributed by atoms with Crippen LogP contribution in [0.3, 0.4) is 0 Å². The van der Waals surface area contributed by atoms with E-state index in [-0.39, 0.29) is 19.3 Å². The van der Waals surface area contributed by atoms with Crippen molar-refractivity contribution in [1.29, 1.82) is 0 Å². The third-order valence-corrected chi connectivity index (χ3v) is 7.52. The lowest BCUT2D eigenvalue weighted by Gasteiger charge is -2.21. The SMILES string of the molecule is NC(Cc1c[nH]c2ccccc12)C(=O)NC(Cc1ccccc1)C(=O)NCC(=O)NC(Cc1c[nH]c2ccccc12)C(=O)O. The van der Waals surface area contributed by atoms with Gasteiger partial charge in [0, 0.05) is 47.0 Å². The number of aliphatic carboxylic acids is 1. The summed E-state index contributed by atoms with van der Waals surface area (Å²) in [6.07, 6.45) is 4.01. The molecule has 0 bridgehead atoms. The first-order valence-electron chi connectivity index (χ1n) is 14.3. The second-order valence-electron chi connectivity index (χ2n) is 10.7. The second kappa shape index (κ2) is 13.7. The molecule has 11 nitrogen and oxygen atoms in total. The monoisotopic (exact) mass is 594 g/mol. The largest absolute Gasteiger partial charge is 0.480 e. The molecule has 0 saturated heterocycles. The van der Waals surface area contributed by atoms with Crippen LogP contribution in [0.25, 0.3) is 21.8 Å². The highest BCUT2D eigenvalue weighted by atomic mass is 16.4. The Bertz CT molecular complexity index is 1780. The molecule has 2 aromatic heterocycles. The van der Waals surface area contributed by atoms with Gasteiger partial charge in [0.15, 0.2) is 0 Å². The summed E-state index contributed by atoms with van der Waals surface area (Å²) in [7, 11) is 0. The van der Waals surface area contributed by atoms with E-state index in [0.717, 1.165) is 38.5 Å². The van der Waals surface area contributed by atoms with Gasteiger partial charge in [0.2, 0.25) is 17.7 Å². The van der Waals surface area contributed by atoms with Crippen LogP contribution < -0.4 is 21.7 Å². The number of carboxylic acids is 1. The van der Waals surface area contributed by atoms with Crippen LogP contribution in [-0.2, 0) is 38.4 Å². The minimum Gasteiger partial charge on any atom is -0.480 e. The van der Waals surface area contributed by atoms with E-state index in [4.69, 9.17) is 5.73 Å². The molecule has 0 aliphatic heterocycles. The number of aromatic amines is 2. The Morgan fingerprint density at radius 3 is 1.86 bits per heavy atom. The van der Waals surface area contributed by atoms with Crippen LogP contribution in [0, 0.1) is 0 Å². The van der Waals surface area contributed by atoms with Crippen LogP contribution >= 0.6 is 0 Å². The van der Waals surface area contributed by atoms with E-state index in [0.29, 0.717) is 0 Å². The molecule has 2 heterocycles. The molecule has 44 heavy (non-hydrogen) atoms. The topological polar surface area (TPSA) is 182 Å². The molecule has 3 atom stereocenters. The average molecular weight is 595 g/mol. The Hall–Kier alpha value is -5.42. The molecule has 0 fully saturated rings. The van der Waals surface area contributed by atoms with Gasteiger partial charge in [0.25, 0.3) is 0 Å². The van der Waals surface area contributed by atoms with Crippen molar-refractivity contribution in [2.24, 2.45) is 5.73 Å². The molecule has 5 aromatic rings. The summed E-state index contributed by atoms with van der Waals surface area (Å²) in [5.74, 6) is -2.99. The summed E-state index contributed by atoms with van der Waals surface area (Å²) in [4.78, 5) is 57.3. The smallest absolute Gasteiger partial charge is 0.326 e. The lowest BCUT2D eigenvalue weighted by atomic mass is 10.0. The number of carbonyl (C=O) groups excluding carboxylic acids is 3. The predicted molar refractivity (Wildman–Crippen MR) is 167 cm³/mol. The van der Waals surface area contributed by atoms with Crippen molar-refractivity contribution in [3.8, 4) is 0 Å². The number of para-hydroxylation sites is 2. The van der Waals surface area contributed by atoms with Gasteiger partial charge in [-0.15, -0.1) is 0 Å². The second-order valence-corrected chi connectivity index (χ2v) is 10.7. The van der Waals surface area contributed by atoms with Crippen molar-refractivity contribution in [2.45, 2.75) is 37.4 Å². The summed E-state index contributed by atoms with van der Waals surface area (Å²) in [6.45, 7) is -0.473. The maximum absolute atomic E-state index is 13.3. The third kappa shape index (κ3) is 7.31. The van der Waals surface area contributed by atoms with Crippen molar-refractivity contribution in [3.63, 3.8) is 0 Å². The van der Waals surface area contributed by atoms with Gasteiger partial charge < -0.3 is 36.8 Å². The zero-order valence-corrected chi connectivity index (χ0v) is 23.9. The molecule has 5 rings (SSSR count). The highest BCUT2D eigenvalue weighted by Crippen LogP contribution is 2.20. The van der Waals surface area contributed by atoms with Crippen molar-refractivity contribution in [1.82, 2.24) is 25.9 Å². The number of rotatable bonds is 13. The molecule has 8 N–H and O–H groups in total. The van der Waals surface area contributed by atoms with Gasteiger partial charge in [-0.3, -0.25) is 14.4 Å². The zero-order valence-electron chi connectivity index (χ0n) is 23.9. The van der Waals surface area contributed by atoms with Crippen molar-refractivity contribution >= 4 is 45.5 Å². The van der Waals surface area contributed by atoms with E-state index in [2.05, 4.69) is 25.9 Å². The number of nitrogens with two attached hydrogens (primary N) is 1. The van der Waals surface area contributed by atoms with E-state index in [1.807, 2.05) is 85.1 Å². The molecular weight excluding hydrogens is 560 g/mol. The Kier molecular flexibility index (Phi) is 9.36. The quantitative estimate of drug-likeness (QED) is 0.110. The van der Waals surface area contributed by atoms with E-state index in [9.17, 15) is 24.3 Å². The number of aromatic nitrogens is 2. The summed E-state index contributed by atoms with van der Waals surface area (Å²) >= 11 is 0. The third-order valence-electron chi connectivity index (χ3n) is 7.52. The maximum atomic E-state index is 13.3.